The van der Waals surface area contributed by atoms with Crippen molar-refractivity contribution in [2.24, 2.45) is 5.92 Å². The highest BCUT2D eigenvalue weighted by Crippen LogP contribution is 2.15. The Morgan fingerprint density at radius 1 is 1.31 bits per heavy atom. The van der Waals surface area contributed by atoms with Crippen LogP contribution in [0.15, 0.2) is 0 Å². The van der Waals surface area contributed by atoms with Gasteiger partial charge in [0.1, 0.15) is 0 Å². The van der Waals surface area contributed by atoms with Crippen LogP contribution in [0.4, 0.5) is 4.79 Å². The Hall–Kier alpha value is -1.30. The Kier molecular flexibility index (Phi) is 5.04. The molecule has 0 aromatic rings. The smallest absolute Gasteiger partial charge is 0.317 e. The molecule has 0 bridgehead atoms. The highest BCUT2D eigenvalue weighted by Gasteiger charge is 2.21. The maximum Gasteiger partial charge on any atom is 0.317 e. The summed E-state index contributed by atoms with van der Waals surface area (Å²) in [6, 6.07) is -0.211. The first-order valence-corrected chi connectivity index (χ1v) is 5.49. The van der Waals surface area contributed by atoms with Crippen LogP contribution in [0.5, 0.6) is 0 Å². The molecule has 92 valence electrons. The number of aliphatic hydroxyl groups is 1. The van der Waals surface area contributed by atoms with E-state index in [0.717, 1.165) is 12.8 Å². The Morgan fingerprint density at radius 3 is 2.44 bits per heavy atom. The van der Waals surface area contributed by atoms with E-state index in [9.17, 15) is 9.59 Å². The minimum Gasteiger partial charge on any atom is -0.481 e. The maximum atomic E-state index is 11.5. The van der Waals surface area contributed by atoms with Crippen LogP contribution in [0.3, 0.4) is 0 Å². The average molecular weight is 230 g/mol. The molecule has 0 radical (unpaired) electrons. The number of nitrogens with one attached hydrogen (secondary N) is 1. The van der Waals surface area contributed by atoms with Gasteiger partial charge in [-0.15, -0.1) is 0 Å². The Labute approximate surface area is 94.2 Å². The van der Waals surface area contributed by atoms with Crippen molar-refractivity contribution in [3.63, 3.8) is 0 Å². The van der Waals surface area contributed by atoms with Crippen LogP contribution in [-0.4, -0.2) is 53.4 Å². The fraction of sp³-hybridized carbons (Fsp3) is 0.800. The number of urea groups is 1. The first kappa shape index (κ1) is 12.8. The van der Waals surface area contributed by atoms with Gasteiger partial charge in [-0.2, -0.15) is 0 Å². The van der Waals surface area contributed by atoms with E-state index in [-0.39, 0.29) is 25.6 Å². The molecule has 1 rings (SSSR count). The molecule has 0 saturated carbocycles. The Balaban J connectivity index is 2.20. The molecule has 1 aliphatic heterocycles. The Bertz CT molecular complexity index is 249. The minimum atomic E-state index is -0.917. The number of piperidine rings is 1. The predicted molar refractivity (Wildman–Crippen MR) is 57.0 cm³/mol. The summed E-state index contributed by atoms with van der Waals surface area (Å²) in [6.45, 7) is 1.59. The van der Waals surface area contributed by atoms with Crippen LogP contribution >= 0.6 is 0 Å². The molecule has 6 heteroatoms. The van der Waals surface area contributed by atoms with E-state index >= 15 is 0 Å². The molecule has 0 aromatic carbocycles. The van der Waals surface area contributed by atoms with Crippen LogP contribution in [0.1, 0.15) is 19.3 Å². The molecule has 1 saturated heterocycles. The molecular weight excluding hydrogens is 212 g/mol. The van der Waals surface area contributed by atoms with E-state index in [1.165, 1.54) is 0 Å². The number of hydrogen-bond acceptors (Lipinski definition) is 3. The van der Waals surface area contributed by atoms with E-state index in [2.05, 4.69) is 5.32 Å². The van der Waals surface area contributed by atoms with Crippen molar-refractivity contribution in [3.8, 4) is 0 Å². The number of carbonyl (C=O) groups excluding carboxylic acids is 1. The molecule has 16 heavy (non-hydrogen) atoms. The van der Waals surface area contributed by atoms with Gasteiger partial charge in [-0.1, -0.05) is 0 Å². The van der Waals surface area contributed by atoms with Crippen molar-refractivity contribution in [3.05, 3.63) is 0 Å². The summed E-state index contributed by atoms with van der Waals surface area (Å²) in [6.07, 6.45) is 1.56. The molecule has 0 spiro atoms. The zero-order valence-corrected chi connectivity index (χ0v) is 9.19. The normalized spacial score (nSPS) is 17.2. The van der Waals surface area contributed by atoms with Gasteiger partial charge in [-0.3, -0.25) is 4.79 Å². The standard InChI is InChI=1S/C10H18N2O4/c13-7-8-2-5-12(6-3-8)10(16)11-4-1-9(14)15/h8,13H,1-7H2,(H,11,16)(H,14,15). The number of nitrogens with zero attached hydrogens (tertiary/aromatic N) is 1. The lowest BCUT2D eigenvalue weighted by molar-refractivity contribution is -0.136. The Morgan fingerprint density at radius 2 is 1.94 bits per heavy atom. The van der Waals surface area contributed by atoms with Crippen molar-refractivity contribution in [1.82, 2.24) is 10.2 Å². The van der Waals surface area contributed by atoms with Gasteiger partial charge in [0.05, 0.1) is 6.42 Å². The lowest BCUT2D eigenvalue weighted by Crippen LogP contribution is -2.45. The van der Waals surface area contributed by atoms with Gasteiger partial charge in [-0.25, -0.2) is 4.79 Å². The third-order valence-electron chi connectivity index (χ3n) is 2.78. The van der Waals surface area contributed by atoms with E-state index in [0.29, 0.717) is 19.0 Å². The van der Waals surface area contributed by atoms with Crippen LogP contribution in [0, 0.1) is 5.92 Å². The van der Waals surface area contributed by atoms with Gasteiger partial charge in [0.2, 0.25) is 0 Å². The second-order valence-electron chi connectivity index (χ2n) is 3.99. The zero-order valence-electron chi connectivity index (χ0n) is 9.19. The van der Waals surface area contributed by atoms with Crippen molar-refractivity contribution >= 4 is 12.0 Å². The summed E-state index contributed by atoms with van der Waals surface area (Å²) < 4.78 is 0. The second-order valence-corrected chi connectivity index (χ2v) is 3.99. The maximum absolute atomic E-state index is 11.5. The second kappa shape index (κ2) is 6.32. The van der Waals surface area contributed by atoms with Gasteiger partial charge in [0.25, 0.3) is 0 Å². The fourth-order valence-electron chi connectivity index (χ4n) is 1.71. The number of amides is 2. The third kappa shape index (κ3) is 4.06. The summed E-state index contributed by atoms with van der Waals surface area (Å²) in [5, 5.41) is 19.9. The van der Waals surface area contributed by atoms with E-state index < -0.39 is 5.97 Å². The van der Waals surface area contributed by atoms with Gasteiger partial charge < -0.3 is 20.4 Å². The summed E-state index contributed by atoms with van der Waals surface area (Å²) in [5.74, 6) is -0.623. The van der Waals surface area contributed by atoms with Crippen molar-refractivity contribution < 1.29 is 19.8 Å². The molecule has 0 atom stereocenters. The highest BCUT2D eigenvalue weighted by atomic mass is 16.4. The SMILES string of the molecule is O=C(O)CCNC(=O)N1CCC(CO)CC1. The summed E-state index contributed by atoms with van der Waals surface area (Å²) in [5.41, 5.74) is 0. The zero-order chi connectivity index (χ0) is 12.0. The molecular formula is C10H18N2O4. The van der Waals surface area contributed by atoms with Crippen molar-refractivity contribution in [2.45, 2.75) is 19.3 Å². The molecule has 0 aromatic heterocycles. The number of carboxylic acid groups (broad SMARTS) is 1. The van der Waals surface area contributed by atoms with Gasteiger partial charge in [0.15, 0.2) is 0 Å². The monoisotopic (exact) mass is 230 g/mol. The molecule has 2 amide bonds. The number of carboxylic acids is 1. The molecule has 1 aliphatic rings. The largest absolute Gasteiger partial charge is 0.481 e. The van der Waals surface area contributed by atoms with E-state index in [1.54, 1.807) is 4.90 Å². The van der Waals surface area contributed by atoms with Crippen molar-refractivity contribution in [1.29, 1.82) is 0 Å². The minimum absolute atomic E-state index is 0.0567. The fourth-order valence-corrected chi connectivity index (χ4v) is 1.71. The number of aliphatic carboxylic acids is 1. The number of aliphatic hydroxyl groups excluding tert-OH is 1. The number of likely N-dealkylation sites (tertiary alicyclic amines) is 1. The van der Waals surface area contributed by atoms with E-state index in [1.807, 2.05) is 0 Å². The number of hydrogen-bond donors (Lipinski definition) is 3. The first-order valence-electron chi connectivity index (χ1n) is 5.49. The van der Waals surface area contributed by atoms with Gasteiger partial charge in [-0.05, 0) is 18.8 Å². The molecule has 0 aliphatic carbocycles. The predicted octanol–water partition coefficient (Wildman–Crippen LogP) is -0.125. The van der Waals surface area contributed by atoms with Crippen LogP contribution in [0.25, 0.3) is 0 Å². The molecule has 1 fully saturated rings. The van der Waals surface area contributed by atoms with Crippen molar-refractivity contribution in [2.75, 3.05) is 26.2 Å². The number of carbonyl (C=O) groups is 2. The average Bonchev–Trinajstić information content (AvgIpc) is 2.28. The van der Waals surface area contributed by atoms with Crippen LogP contribution in [0.2, 0.25) is 0 Å². The third-order valence-corrected chi connectivity index (χ3v) is 2.78. The quantitative estimate of drug-likeness (QED) is 0.628. The topological polar surface area (TPSA) is 89.9 Å². The lowest BCUT2D eigenvalue weighted by Gasteiger charge is -2.31. The highest BCUT2D eigenvalue weighted by molar-refractivity contribution is 5.75. The lowest BCUT2D eigenvalue weighted by atomic mass is 9.98. The summed E-state index contributed by atoms with van der Waals surface area (Å²) >= 11 is 0. The van der Waals surface area contributed by atoms with E-state index in [4.69, 9.17) is 10.2 Å². The molecule has 1 heterocycles. The van der Waals surface area contributed by atoms with Crippen LogP contribution in [-0.2, 0) is 4.79 Å². The first-order chi connectivity index (χ1) is 7.63. The molecule has 3 N–H and O–H groups in total. The summed E-state index contributed by atoms with van der Waals surface area (Å²) in [4.78, 5) is 23.4. The van der Waals surface area contributed by atoms with Gasteiger partial charge >= 0.3 is 12.0 Å². The van der Waals surface area contributed by atoms with Gasteiger partial charge in [0, 0.05) is 26.2 Å². The number of rotatable bonds is 4. The molecule has 0 unspecified atom stereocenters. The molecule has 6 nitrogen and oxygen atoms in total. The van der Waals surface area contributed by atoms with Crippen LogP contribution < -0.4 is 5.32 Å². The summed E-state index contributed by atoms with van der Waals surface area (Å²) in [7, 11) is 0.